The first kappa shape index (κ1) is 37.4. The monoisotopic (exact) mass is 568 g/mol. The molecule has 39 heavy (non-hydrogen) atoms. The topological polar surface area (TPSA) is 78.9 Å². The van der Waals surface area contributed by atoms with Crippen molar-refractivity contribution in [3.8, 4) is 0 Å². The Balaban J connectivity index is 5.27. The number of hydrogen-bond donors (Lipinski definition) is 0. The highest BCUT2D eigenvalue weighted by molar-refractivity contribution is 6.75. The maximum Gasteiger partial charge on any atom is 0.334 e. The average Bonchev–Trinajstić information content (AvgIpc) is 2.93. The third kappa shape index (κ3) is 20.0. The molecule has 0 aliphatic carbocycles. The van der Waals surface area contributed by atoms with Gasteiger partial charge in [-0.15, -0.1) is 0 Å². The summed E-state index contributed by atoms with van der Waals surface area (Å²) >= 11 is 0. The van der Waals surface area contributed by atoms with E-state index in [9.17, 15) is 14.4 Å². The van der Waals surface area contributed by atoms with Gasteiger partial charge in [-0.2, -0.15) is 0 Å². The molecule has 0 saturated heterocycles. The molecule has 7 heteroatoms. The molecule has 0 aromatic heterocycles. The summed E-state index contributed by atoms with van der Waals surface area (Å²) in [5.74, 6) is -1.70. The van der Waals surface area contributed by atoms with Crippen LogP contribution in [0.2, 0.25) is 18.1 Å². The van der Waals surface area contributed by atoms with E-state index in [0.717, 1.165) is 75.2 Å². The smallest absolute Gasteiger partial charge is 0.334 e. The summed E-state index contributed by atoms with van der Waals surface area (Å²) in [6.07, 6.45) is 19.4. The molecule has 0 N–H and O–H groups in total. The first-order valence-corrected chi connectivity index (χ1v) is 18.7. The second-order valence-electron chi connectivity index (χ2n) is 10.9. The molecule has 0 radical (unpaired) electrons. The van der Waals surface area contributed by atoms with Crippen molar-refractivity contribution in [1.82, 2.24) is 0 Å². The average molecular weight is 569 g/mol. The summed E-state index contributed by atoms with van der Waals surface area (Å²) in [7, 11) is -2.33. The third-order valence-electron chi connectivity index (χ3n) is 7.26. The van der Waals surface area contributed by atoms with Gasteiger partial charge < -0.3 is 13.9 Å². The number of hydrogen-bond acceptors (Lipinski definition) is 6. The van der Waals surface area contributed by atoms with Crippen LogP contribution in [0.4, 0.5) is 0 Å². The van der Waals surface area contributed by atoms with Gasteiger partial charge in [0.15, 0.2) is 6.10 Å². The molecule has 1 atom stereocenters. The zero-order chi connectivity index (χ0) is 29.2. The standard InChI is InChI=1S/C32H60O6Si/c1-6-11-15-19-25-36-30(33)23-24-31(34)37-29(10-5)32(35)38-39(26-20-16-12-7-2,27-21-17-13-8-3)28-22-18-14-9-4/h23-24,29H,6-22,25-28H2,1-5H3/b24-23-. The molecule has 0 aliphatic heterocycles. The minimum atomic E-state index is -2.33. The predicted molar refractivity (Wildman–Crippen MR) is 163 cm³/mol. The van der Waals surface area contributed by atoms with E-state index in [0.29, 0.717) is 13.0 Å². The summed E-state index contributed by atoms with van der Waals surface area (Å²) in [6.45, 7) is 10.9. The molecular weight excluding hydrogens is 508 g/mol. The number of unbranched alkanes of at least 4 members (excludes halogenated alkanes) is 12. The first-order valence-electron chi connectivity index (χ1n) is 16.2. The van der Waals surface area contributed by atoms with E-state index >= 15 is 0 Å². The number of esters is 2. The van der Waals surface area contributed by atoms with Crippen LogP contribution in [0.1, 0.15) is 144 Å². The minimum absolute atomic E-state index is 0.337. The Morgan fingerprint density at radius 2 is 1.03 bits per heavy atom. The Hall–Kier alpha value is -1.63. The maximum atomic E-state index is 13.4. The Morgan fingerprint density at radius 3 is 1.46 bits per heavy atom. The van der Waals surface area contributed by atoms with Crippen molar-refractivity contribution in [3.63, 3.8) is 0 Å². The van der Waals surface area contributed by atoms with Crippen LogP contribution in [-0.4, -0.2) is 38.9 Å². The molecule has 0 aliphatic rings. The summed E-state index contributed by atoms with van der Waals surface area (Å²) in [4.78, 5) is 37.7. The molecule has 6 nitrogen and oxygen atoms in total. The van der Waals surface area contributed by atoms with Crippen molar-refractivity contribution in [2.75, 3.05) is 6.61 Å². The third-order valence-corrected chi connectivity index (χ3v) is 11.7. The Labute approximate surface area is 241 Å². The summed E-state index contributed by atoms with van der Waals surface area (Å²) < 4.78 is 17.0. The molecule has 0 fully saturated rings. The van der Waals surface area contributed by atoms with Gasteiger partial charge in [-0.25, -0.2) is 14.4 Å². The highest BCUT2D eigenvalue weighted by atomic mass is 28.4. The quantitative estimate of drug-likeness (QED) is 0.0448. The van der Waals surface area contributed by atoms with Gasteiger partial charge in [0.25, 0.3) is 8.32 Å². The minimum Gasteiger partial charge on any atom is -0.516 e. The molecule has 0 heterocycles. The van der Waals surface area contributed by atoms with Gasteiger partial charge in [0.05, 0.1) is 6.61 Å². The molecule has 0 aromatic carbocycles. The van der Waals surface area contributed by atoms with Crippen molar-refractivity contribution < 1.29 is 28.3 Å². The number of ether oxygens (including phenoxy) is 2. The van der Waals surface area contributed by atoms with Gasteiger partial charge in [-0.1, -0.05) is 131 Å². The molecule has 1 unspecified atom stereocenters. The van der Waals surface area contributed by atoms with Crippen molar-refractivity contribution in [1.29, 1.82) is 0 Å². The lowest BCUT2D eigenvalue weighted by Gasteiger charge is -2.33. The predicted octanol–water partition coefficient (Wildman–Crippen LogP) is 9.22. The fourth-order valence-electron chi connectivity index (χ4n) is 4.79. The Bertz CT molecular complexity index is 632. The van der Waals surface area contributed by atoms with E-state index in [4.69, 9.17) is 13.9 Å². The molecule has 0 spiro atoms. The molecule has 0 bridgehead atoms. The van der Waals surface area contributed by atoms with Crippen molar-refractivity contribution in [3.05, 3.63) is 12.2 Å². The van der Waals surface area contributed by atoms with E-state index in [1.807, 2.05) is 6.92 Å². The van der Waals surface area contributed by atoms with Crippen LogP contribution in [0, 0.1) is 0 Å². The van der Waals surface area contributed by atoms with Crippen LogP contribution in [0.3, 0.4) is 0 Å². The molecule has 228 valence electrons. The molecule has 0 amide bonds. The van der Waals surface area contributed by atoms with Crippen LogP contribution in [-0.2, 0) is 28.3 Å². The van der Waals surface area contributed by atoms with Crippen LogP contribution in [0.5, 0.6) is 0 Å². The van der Waals surface area contributed by atoms with Crippen molar-refractivity contribution in [2.24, 2.45) is 0 Å². The van der Waals surface area contributed by atoms with Gasteiger partial charge in [-0.3, -0.25) is 0 Å². The largest absolute Gasteiger partial charge is 0.516 e. The van der Waals surface area contributed by atoms with Crippen molar-refractivity contribution >= 4 is 26.2 Å². The van der Waals surface area contributed by atoms with E-state index in [-0.39, 0.29) is 0 Å². The summed E-state index contributed by atoms with van der Waals surface area (Å²) in [5.41, 5.74) is 0. The van der Waals surface area contributed by atoms with Gasteiger partial charge in [0.1, 0.15) is 0 Å². The number of rotatable bonds is 26. The molecule has 0 rings (SSSR count). The lowest BCUT2D eigenvalue weighted by Crippen LogP contribution is -2.44. The van der Waals surface area contributed by atoms with E-state index in [1.165, 1.54) is 57.8 Å². The van der Waals surface area contributed by atoms with Gasteiger partial charge in [0, 0.05) is 12.2 Å². The summed E-state index contributed by atoms with van der Waals surface area (Å²) in [5, 5.41) is 0. The van der Waals surface area contributed by atoms with E-state index in [1.54, 1.807) is 0 Å². The normalized spacial score (nSPS) is 12.4. The van der Waals surface area contributed by atoms with Crippen LogP contribution < -0.4 is 0 Å². The zero-order valence-corrected chi connectivity index (χ0v) is 27.0. The SMILES string of the molecule is CCCCCCOC(=O)/C=C\C(=O)OC(CC)C(=O)O[Si](CCCCCC)(CCCCCC)CCCCCC. The highest BCUT2D eigenvalue weighted by Crippen LogP contribution is 2.32. The maximum absolute atomic E-state index is 13.4. The molecule has 0 aromatic rings. The number of carbonyl (C=O) groups excluding carboxylic acids is 3. The summed E-state index contributed by atoms with van der Waals surface area (Å²) in [6, 6.07) is 2.97. The molecule has 0 saturated carbocycles. The zero-order valence-electron chi connectivity index (χ0n) is 26.0. The fraction of sp³-hybridized carbons (Fsp3) is 0.844. The highest BCUT2D eigenvalue weighted by Gasteiger charge is 2.39. The fourth-order valence-corrected chi connectivity index (χ4v) is 9.09. The molecular formula is C32H60O6Si. The van der Waals surface area contributed by atoms with E-state index < -0.39 is 32.3 Å². The number of carbonyl (C=O) groups is 3. The van der Waals surface area contributed by atoms with Crippen LogP contribution >= 0.6 is 0 Å². The van der Waals surface area contributed by atoms with Gasteiger partial charge in [-0.05, 0) is 31.0 Å². The second-order valence-corrected chi connectivity index (χ2v) is 15.0. The lowest BCUT2D eigenvalue weighted by molar-refractivity contribution is -0.159. The Kier molecular flexibility index (Phi) is 24.3. The van der Waals surface area contributed by atoms with Gasteiger partial charge in [0.2, 0.25) is 0 Å². The Morgan fingerprint density at radius 1 is 0.590 bits per heavy atom. The van der Waals surface area contributed by atoms with Crippen LogP contribution in [0.25, 0.3) is 0 Å². The van der Waals surface area contributed by atoms with Crippen LogP contribution in [0.15, 0.2) is 12.2 Å². The van der Waals surface area contributed by atoms with Gasteiger partial charge >= 0.3 is 17.9 Å². The van der Waals surface area contributed by atoms with Crippen molar-refractivity contribution in [2.45, 2.75) is 168 Å². The second kappa shape index (κ2) is 25.3. The lowest BCUT2D eigenvalue weighted by atomic mass is 10.2. The van der Waals surface area contributed by atoms with E-state index in [2.05, 4.69) is 27.7 Å². The first-order chi connectivity index (χ1) is 18.9.